The van der Waals surface area contributed by atoms with Crippen LogP contribution in [0, 0.1) is 11.7 Å². The average molecular weight is 285 g/mol. The maximum atomic E-state index is 12.0. The summed E-state index contributed by atoms with van der Waals surface area (Å²) in [6.45, 7) is 1.77. The van der Waals surface area contributed by atoms with Crippen LogP contribution in [0.15, 0.2) is 40.2 Å². The molecule has 3 aromatic rings. The van der Waals surface area contributed by atoms with Crippen LogP contribution >= 0.6 is 12.2 Å². The highest BCUT2D eigenvalue weighted by Crippen LogP contribution is 2.09. The highest BCUT2D eigenvalue weighted by Gasteiger charge is 2.01. The van der Waals surface area contributed by atoms with Crippen LogP contribution in [0.2, 0.25) is 0 Å². The van der Waals surface area contributed by atoms with Gasteiger partial charge < -0.3 is 4.98 Å². The fourth-order valence-electron chi connectivity index (χ4n) is 1.89. The van der Waals surface area contributed by atoms with E-state index in [-0.39, 0.29) is 5.56 Å². The summed E-state index contributed by atoms with van der Waals surface area (Å²) in [6, 6.07) is 9.36. The molecule has 100 valence electrons. The molecule has 3 rings (SSSR count). The van der Waals surface area contributed by atoms with E-state index in [0.717, 1.165) is 10.9 Å². The lowest BCUT2D eigenvalue weighted by Gasteiger charge is -1.99. The monoisotopic (exact) mass is 285 g/mol. The first-order chi connectivity index (χ1) is 9.65. The predicted molar refractivity (Wildman–Crippen MR) is 79.7 cm³/mol. The van der Waals surface area contributed by atoms with Gasteiger partial charge in [-0.25, -0.2) is 0 Å². The van der Waals surface area contributed by atoms with Crippen molar-refractivity contribution in [2.45, 2.75) is 6.92 Å². The maximum absolute atomic E-state index is 12.0. The van der Waals surface area contributed by atoms with Gasteiger partial charge in [0.15, 0.2) is 0 Å². The summed E-state index contributed by atoms with van der Waals surface area (Å²) in [5.74, 6) is 0.628. The van der Waals surface area contributed by atoms with Crippen LogP contribution in [0.25, 0.3) is 10.9 Å². The molecule has 0 aliphatic heterocycles. The molecule has 0 amide bonds. The quantitative estimate of drug-likeness (QED) is 0.558. The van der Waals surface area contributed by atoms with Crippen LogP contribution < -0.4 is 5.56 Å². The van der Waals surface area contributed by atoms with Gasteiger partial charge in [-0.15, -0.1) is 0 Å². The van der Waals surface area contributed by atoms with E-state index in [0.29, 0.717) is 16.2 Å². The number of rotatable bonds is 2. The average Bonchev–Trinajstić information content (AvgIpc) is 2.76. The first-order valence-electron chi connectivity index (χ1n) is 5.95. The number of benzene rings is 1. The third-order valence-electron chi connectivity index (χ3n) is 2.91. The summed E-state index contributed by atoms with van der Waals surface area (Å²) in [6.07, 6.45) is 1.48. The molecule has 6 nitrogen and oxygen atoms in total. The fourth-order valence-corrected chi connectivity index (χ4v) is 2.11. The summed E-state index contributed by atoms with van der Waals surface area (Å²) in [5, 5.41) is 11.7. The molecule has 0 radical (unpaired) electrons. The van der Waals surface area contributed by atoms with Gasteiger partial charge in [0.2, 0.25) is 4.77 Å². The largest absolute Gasteiger partial charge is 0.321 e. The van der Waals surface area contributed by atoms with Crippen LogP contribution in [0.5, 0.6) is 0 Å². The minimum atomic E-state index is -0.194. The number of aromatic nitrogens is 4. The van der Waals surface area contributed by atoms with E-state index in [9.17, 15) is 4.79 Å². The van der Waals surface area contributed by atoms with E-state index in [1.807, 2.05) is 24.3 Å². The molecule has 0 unspecified atom stereocenters. The van der Waals surface area contributed by atoms with Gasteiger partial charge in [0.05, 0.1) is 11.8 Å². The Hall–Kier alpha value is -2.54. The number of hydrogen-bond donors (Lipinski definition) is 2. The van der Waals surface area contributed by atoms with Gasteiger partial charge in [-0.1, -0.05) is 18.2 Å². The fraction of sp³-hybridized carbons (Fsp3) is 0.0769. The van der Waals surface area contributed by atoms with Crippen LogP contribution in [0.4, 0.5) is 0 Å². The van der Waals surface area contributed by atoms with Crippen molar-refractivity contribution in [3.05, 3.63) is 56.8 Å². The molecule has 0 atom stereocenters. The number of nitrogens with zero attached hydrogens (tertiary/aromatic N) is 3. The van der Waals surface area contributed by atoms with E-state index >= 15 is 0 Å². The SMILES string of the molecule is Cc1n[nH]c(=S)n1/N=C/c1cc2ccccc2[nH]c1=O. The van der Waals surface area contributed by atoms with Crippen molar-refractivity contribution in [1.29, 1.82) is 0 Å². The molecular formula is C13H11N5OS. The standard InChI is InChI=1S/C13H11N5OS/c1-8-16-17-13(20)18(8)14-7-10-6-9-4-2-3-5-11(9)15-12(10)19/h2-7H,1H3,(H,15,19)(H,17,20)/b14-7+. The number of pyridine rings is 1. The summed E-state index contributed by atoms with van der Waals surface area (Å²) in [7, 11) is 0. The van der Waals surface area contributed by atoms with Crippen molar-refractivity contribution in [3.63, 3.8) is 0 Å². The predicted octanol–water partition coefficient (Wildman–Crippen LogP) is 1.97. The molecule has 0 bridgehead atoms. The van der Waals surface area contributed by atoms with Gasteiger partial charge in [-0.2, -0.15) is 14.9 Å². The van der Waals surface area contributed by atoms with Gasteiger partial charge in [0.1, 0.15) is 5.82 Å². The molecule has 7 heteroatoms. The summed E-state index contributed by atoms with van der Waals surface area (Å²) >= 11 is 5.04. The molecule has 0 saturated carbocycles. The Labute approximate surface area is 118 Å². The van der Waals surface area contributed by atoms with Gasteiger partial charge in [0.25, 0.3) is 5.56 Å². The lowest BCUT2D eigenvalue weighted by Crippen LogP contribution is -2.12. The Kier molecular flexibility index (Phi) is 3.03. The Balaban J connectivity index is 2.09. The Bertz CT molecular complexity index is 918. The van der Waals surface area contributed by atoms with Gasteiger partial charge >= 0.3 is 0 Å². The van der Waals surface area contributed by atoms with E-state index in [1.54, 1.807) is 13.0 Å². The molecule has 0 spiro atoms. The number of H-pyrrole nitrogens is 2. The van der Waals surface area contributed by atoms with Crippen molar-refractivity contribution < 1.29 is 0 Å². The third kappa shape index (κ3) is 2.19. The van der Waals surface area contributed by atoms with E-state index < -0.39 is 0 Å². The number of aryl methyl sites for hydroxylation is 1. The first-order valence-corrected chi connectivity index (χ1v) is 6.36. The molecule has 2 heterocycles. The topological polar surface area (TPSA) is 78.8 Å². The number of nitrogens with one attached hydrogen (secondary N) is 2. The molecule has 2 N–H and O–H groups in total. The molecule has 0 aliphatic carbocycles. The number of fused-ring (bicyclic) bond motifs is 1. The lowest BCUT2D eigenvalue weighted by molar-refractivity contribution is 0.820. The van der Waals surface area contributed by atoms with Crippen molar-refractivity contribution in [2.24, 2.45) is 5.10 Å². The lowest BCUT2D eigenvalue weighted by atomic mass is 10.2. The van der Waals surface area contributed by atoms with Crippen LogP contribution in [-0.2, 0) is 0 Å². The molecule has 1 aromatic carbocycles. The number of hydrogen-bond acceptors (Lipinski definition) is 4. The van der Waals surface area contributed by atoms with Gasteiger partial charge in [-0.3, -0.25) is 9.89 Å². The van der Waals surface area contributed by atoms with Crippen molar-refractivity contribution in [2.75, 3.05) is 0 Å². The Morgan fingerprint density at radius 1 is 1.40 bits per heavy atom. The molecule has 0 aliphatic rings. The minimum absolute atomic E-state index is 0.194. The zero-order chi connectivity index (χ0) is 14.1. The second-order valence-corrected chi connectivity index (χ2v) is 4.66. The molecular weight excluding hydrogens is 274 g/mol. The number of para-hydroxylation sites is 1. The van der Waals surface area contributed by atoms with Crippen LogP contribution in [-0.4, -0.2) is 26.1 Å². The van der Waals surface area contributed by atoms with Crippen LogP contribution in [0.1, 0.15) is 11.4 Å². The second-order valence-electron chi connectivity index (χ2n) is 4.27. The van der Waals surface area contributed by atoms with Crippen LogP contribution in [0.3, 0.4) is 0 Å². The normalized spacial score (nSPS) is 11.4. The molecule has 2 aromatic heterocycles. The third-order valence-corrected chi connectivity index (χ3v) is 3.17. The summed E-state index contributed by atoms with van der Waals surface area (Å²) in [5.41, 5.74) is 1.07. The molecule has 20 heavy (non-hydrogen) atoms. The first kappa shape index (κ1) is 12.5. The number of aromatic amines is 2. The van der Waals surface area contributed by atoms with E-state index in [2.05, 4.69) is 20.3 Å². The Morgan fingerprint density at radius 3 is 2.95 bits per heavy atom. The van der Waals surface area contributed by atoms with Crippen molar-refractivity contribution in [3.8, 4) is 0 Å². The Morgan fingerprint density at radius 2 is 2.20 bits per heavy atom. The summed E-state index contributed by atoms with van der Waals surface area (Å²) < 4.78 is 1.85. The maximum Gasteiger partial charge on any atom is 0.257 e. The zero-order valence-electron chi connectivity index (χ0n) is 10.6. The smallest absolute Gasteiger partial charge is 0.257 e. The van der Waals surface area contributed by atoms with Gasteiger partial charge in [0, 0.05) is 5.52 Å². The highest BCUT2D eigenvalue weighted by molar-refractivity contribution is 7.71. The van der Waals surface area contributed by atoms with Gasteiger partial charge in [-0.05, 0) is 36.7 Å². The van der Waals surface area contributed by atoms with E-state index in [1.165, 1.54) is 10.9 Å². The highest BCUT2D eigenvalue weighted by atomic mass is 32.1. The van der Waals surface area contributed by atoms with Crippen molar-refractivity contribution >= 4 is 29.3 Å². The van der Waals surface area contributed by atoms with E-state index in [4.69, 9.17) is 12.2 Å². The molecule has 0 saturated heterocycles. The zero-order valence-corrected chi connectivity index (χ0v) is 11.4. The summed E-state index contributed by atoms with van der Waals surface area (Å²) in [4.78, 5) is 14.8. The second kappa shape index (κ2) is 4.86. The minimum Gasteiger partial charge on any atom is -0.321 e. The molecule has 0 fully saturated rings. The van der Waals surface area contributed by atoms with Crippen molar-refractivity contribution in [1.82, 2.24) is 19.9 Å².